The molecule has 0 aliphatic rings. The Hall–Kier alpha value is -1.94. The van der Waals surface area contributed by atoms with Crippen LogP contribution in [-0.2, 0) is 11.3 Å². The number of rotatable bonds is 5. The van der Waals surface area contributed by atoms with Gasteiger partial charge in [-0.05, 0) is 24.8 Å². The maximum absolute atomic E-state index is 11.2. The lowest BCUT2D eigenvalue weighted by atomic mass is 9.92. The Kier molecular flexibility index (Phi) is 3.81. The van der Waals surface area contributed by atoms with Gasteiger partial charge in [0.2, 0.25) is 5.91 Å². The molecule has 0 spiro atoms. The average Bonchev–Trinajstić information content (AvgIpc) is 2.38. The molecule has 0 fully saturated rings. The Morgan fingerprint density at radius 3 is 2.79 bits per heavy atom. The maximum atomic E-state index is 11.2. The van der Waals surface area contributed by atoms with Crippen LogP contribution >= 0.6 is 0 Å². The summed E-state index contributed by atoms with van der Waals surface area (Å²) in [4.78, 5) is 15.5. The zero-order valence-electron chi connectivity index (χ0n) is 11.3. The average molecular weight is 257 g/mol. The molecule has 1 aromatic carbocycles. The van der Waals surface area contributed by atoms with Gasteiger partial charge in [-0.1, -0.05) is 24.3 Å². The van der Waals surface area contributed by atoms with Crippen LogP contribution in [0.5, 0.6) is 0 Å². The van der Waals surface area contributed by atoms with E-state index in [0.29, 0.717) is 13.1 Å². The van der Waals surface area contributed by atoms with Crippen LogP contribution in [0.4, 0.5) is 0 Å². The van der Waals surface area contributed by atoms with Gasteiger partial charge in [-0.3, -0.25) is 9.78 Å². The van der Waals surface area contributed by atoms with Crippen molar-refractivity contribution in [3.63, 3.8) is 0 Å². The van der Waals surface area contributed by atoms with E-state index in [1.54, 1.807) is 0 Å². The van der Waals surface area contributed by atoms with Crippen molar-refractivity contribution in [1.29, 1.82) is 0 Å². The molecule has 0 aliphatic heterocycles. The largest absolute Gasteiger partial charge is 0.369 e. The first kappa shape index (κ1) is 13.5. The van der Waals surface area contributed by atoms with E-state index in [-0.39, 0.29) is 5.91 Å². The van der Waals surface area contributed by atoms with Gasteiger partial charge in [0, 0.05) is 30.9 Å². The van der Waals surface area contributed by atoms with Crippen molar-refractivity contribution in [2.24, 2.45) is 11.1 Å². The summed E-state index contributed by atoms with van der Waals surface area (Å²) in [5, 5.41) is 5.58. The summed E-state index contributed by atoms with van der Waals surface area (Å²) in [6.45, 7) is 4.89. The van der Waals surface area contributed by atoms with Crippen molar-refractivity contribution < 1.29 is 4.79 Å². The quantitative estimate of drug-likeness (QED) is 0.858. The first-order chi connectivity index (χ1) is 9.00. The highest BCUT2D eigenvalue weighted by atomic mass is 16.1. The number of amides is 1. The first-order valence-electron chi connectivity index (χ1n) is 6.33. The standard InChI is InChI=1S/C15H19N3O/c1-15(2,14(16)19)10-18-9-12-8-17-7-11-5-3-4-6-13(11)12/h3-8,18H,9-10H2,1-2H3,(H2,16,19). The zero-order valence-corrected chi connectivity index (χ0v) is 11.3. The predicted molar refractivity (Wildman–Crippen MR) is 76.4 cm³/mol. The van der Waals surface area contributed by atoms with E-state index in [9.17, 15) is 4.79 Å². The van der Waals surface area contributed by atoms with Crippen molar-refractivity contribution >= 4 is 16.7 Å². The van der Waals surface area contributed by atoms with Gasteiger partial charge in [-0.15, -0.1) is 0 Å². The van der Waals surface area contributed by atoms with Gasteiger partial charge in [0.1, 0.15) is 0 Å². The van der Waals surface area contributed by atoms with Crippen molar-refractivity contribution in [1.82, 2.24) is 10.3 Å². The smallest absolute Gasteiger partial charge is 0.224 e. The number of carbonyl (C=O) groups is 1. The molecule has 1 heterocycles. The van der Waals surface area contributed by atoms with Crippen LogP contribution in [0.25, 0.3) is 10.8 Å². The molecule has 4 nitrogen and oxygen atoms in total. The first-order valence-corrected chi connectivity index (χ1v) is 6.33. The molecule has 0 bridgehead atoms. The summed E-state index contributed by atoms with van der Waals surface area (Å²) in [5.74, 6) is -0.295. The third-order valence-corrected chi connectivity index (χ3v) is 3.30. The van der Waals surface area contributed by atoms with E-state index in [2.05, 4.69) is 16.4 Å². The molecule has 0 atom stereocenters. The van der Waals surface area contributed by atoms with E-state index < -0.39 is 5.41 Å². The summed E-state index contributed by atoms with van der Waals surface area (Å²) < 4.78 is 0. The number of carbonyl (C=O) groups excluding carboxylic acids is 1. The highest BCUT2D eigenvalue weighted by molar-refractivity contribution is 5.84. The third-order valence-electron chi connectivity index (χ3n) is 3.30. The molecule has 0 saturated heterocycles. The SMILES string of the molecule is CC(C)(CNCc1cncc2ccccc12)C(N)=O. The Morgan fingerprint density at radius 1 is 1.32 bits per heavy atom. The van der Waals surface area contributed by atoms with E-state index in [1.807, 2.05) is 44.4 Å². The molecule has 2 rings (SSSR count). The fourth-order valence-electron chi connectivity index (χ4n) is 1.92. The van der Waals surface area contributed by atoms with Gasteiger partial charge in [0.25, 0.3) is 0 Å². The Balaban J connectivity index is 2.09. The molecular formula is C15H19N3O. The molecule has 4 heteroatoms. The highest BCUT2D eigenvalue weighted by Gasteiger charge is 2.24. The normalized spacial score (nSPS) is 11.7. The van der Waals surface area contributed by atoms with E-state index >= 15 is 0 Å². The van der Waals surface area contributed by atoms with Gasteiger partial charge >= 0.3 is 0 Å². The predicted octanol–water partition coefficient (Wildman–Crippen LogP) is 1.84. The Morgan fingerprint density at radius 2 is 2.05 bits per heavy atom. The van der Waals surface area contributed by atoms with Crippen LogP contribution in [0.15, 0.2) is 36.7 Å². The van der Waals surface area contributed by atoms with Crippen LogP contribution in [0.1, 0.15) is 19.4 Å². The second kappa shape index (κ2) is 5.36. The van der Waals surface area contributed by atoms with Crippen molar-refractivity contribution in [2.45, 2.75) is 20.4 Å². The van der Waals surface area contributed by atoms with Crippen molar-refractivity contribution in [3.05, 3.63) is 42.2 Å². The number of primary amides is 1. The lowest BCUT2D eigenvalue weighted by molar-refractivity contribution is -0.125. The molecule has 2 aromatic rings. The van der Waals surface area contributed by atoms with Crippen molar-refractivity contribution in [2.75, 3.05) is 6.54 Å². The summed E-state index contributed by atoms with van der Waals surface area (Å²) in [5.41, 5.74) is 5.93. The van der Waals surface area contributed by atoms with E-state index in [0.717, 1.165) is 10.9 Å². The number of nitrogens with zero attached hydrogens (tertiary/aromatic N) is 1. The summed E-state index contributed by atoms with van der Waals surface area (Å²) in [7, 11) is 0. The number of aromatic nitrogens is 1. The number of nitrogens with two attached hydrogens (primary N) is 1. The lowest BCUT2D eigenvalue weighted by Crippen LogP contribution is -2.40. The molecule has 0 radical (unpaired) electrons. The minimum atomic E-state index is -0.544. The third kappa shape index (κ3) is 3.09. The molecule has 3 N–H and O–H groups in total. The van der Waals surface area contributed by atoms with Gasteiger partial charge in [-0.25, -0.2) is 0 Å². The molecule has 0 saturated carbocycles. The number of hydrogen-bond acceptors (Lipinski definition) is 3. The molecule has 100 valence electrons. The number of hydrogen-bond donors (Lipinski definition) is 2. The lowest BCUT2D eigenvalue weighted by Gasteiger charge is -2.21. The van der Waals surface area contributed by atoms with Crippen LogP contribution < -0.4 is 11.1 Å². The van der Waals surface area contributed by atoms with Crippen LogP contribution in [-0.4, -0.2) is 17.4 Å². The molecule has 1 aromatic heterocycles. The van der Waals surface area contributed by atoms with Gasteiger partial charge in [0.15, 0.2) is 0 Å². The molecule has 0 aliphatic carbocycles. The van der Waals surface area contributed by atoms with E-state index in [1.165, 1.54) is 5.39 Å². The molecule has 1 amide bonds. The van der Waals surface area contributed by atoms with Crippen LogP contribution in [0, 0.1) is 5.41 Å². The second-order valence-electron chi connectivity index (χ2n) is 5.37. The number of benzene rings is 1. The van der Waals surface area contributed by atoms with Gasteiger partial charge in [0.05, 0.1) is 5.41 Å². The summed E-state index contributed by atoms with van der Waals surface area (Å²) in [6, 6.07) is 8.13. The number of nitrogens with one attached hydrogen (secondary N) is 1. The van der Waals surface area contributed by atoms with Crippen molar-refractivity contribution in [3.8, 4) is 0 Å². The van der Waals surface area contributed by atoms with Crippen LogP contribution in [0.2, 0.25) is 0 Å². The molecular weight excluding hydrogens is 238 g/mol. The summed E-state index contributed by atoms with van der Waals surface area (Å²) in [6.07, 6.45) is 3.71. The number of fused-ring (bicyclic) bond motifs is 1. The Bertz CT molecular complexity index is 587. The maximum Gasteiger partial charge on any atom is 0.224 e. The van der Waals surface area contributed by atoms with Crippen LogP contribution in [0.3, 0.4) is 0 Å². The van der Waals surface area contributed by atoms with E-state index in [4.69, 9.17) is 5.73 Å². The number of pyridine rings is 1. The Labute approximate surface area is 113 Å². The fourth-order valence-corrected chi connectivity index (χ4v) is 1.92. The zero-order chi connectivity index (χ0) is 13.9. The minimum absolute atomic E-state index is 0.295. The molecule has 0 unspecified atom stereocenters. The fraction of sp³-hybridized carbons (Fsp3) is 0.333. The second-order valence-corrected chi connectivity index (χ2v) is 5.37. The molecule has 19 heavy (non-hydrogen) atoms. The minimum Gasteiger partial charge on any atom is -0.369 e. The van der Waals surface area contributed by atoms with Gasteiger partial charge in [-0.2, -0.15) is 0 Å². The highest BCUT2D eigenvalue weighted by Crippen LogP contribution is 2.17. The monoisotopic (exact) mass is 257 g/mol. The summed E-state index contributed by atoms with van der Waals surface area (Å²) >= 11 is 0. The van der Waals surface area contributed by atoms with Gasteiger partial charge < -0.3 is 11.1 Å². The topological polar surface area (TPSA) is 68.0 Å².